The van der Waals surface area contributed by atoms with Crippen LogP contribution in [0.5, 0.6) is 0 Å². The van der Waals surface area contributed by atoms with Crippen LogP contribution in [0.2, 0.25) is 0 Å². The largest absolute Gasteiger partial charge is 0.476 e. The minimum Gasteiger partial charge on any atom is -0.476 e. The van der Waals surface area contributed by atoms with E-state index in [2.05, 4.69) is 16.4 Å². The summed E-state index contributed by atoms with van der Waals surface area (Å²) in [6.07, 6.45) is 0. The third-order valence-corrected chi connectivity index (χ3v) is 4.29. The molecule has 0 spiro atoms. The molecule has 4 rings (SSSR count). The van der Waals surface area contributed by atoms with Crippen LogP contribution in [0.1, 0.15) is 23.2 Å². The van der Waals surface area contributed by atoms with Gasteiger partial charge < -0.3 is 14.8 Å². The molecule has 1 fully saturated rings. The number of hydrogen-bond donors (Lipinski definition) is 1. The van der Waals surface area contributed by atoms with E-state index in [-0.39, 0.29) is 12.1 Å². The van der Waals surface area contributed by atoms with Gasteiger partial charge >= 0.3 is 0 Å². The number of ether oxygens (including phenoxy) is 2. The van der Waals surface area contributed by atoms with Gasteiger partial charge in [-0.3, -0.25) is 0 Å². The highest BCUT2D eigenvalue weighted by Gasteiger charge is 2.30. The lowest BCUT2D eigenvalue weighted by Gasteiger charge is -2.08. The molecule has 124 valence electrons. The fourth-order valence-corrected chi connectivity index (χ4v) is 2.97. The van der Waals surface area contributed by atoms with E-state index in [1.54, 1.807) is 0 Å². The molecular formula is C20H17N3O2. The van der Waals surface area contributed by atoms with Gasteiger partial charge in [0.1, 0.15) is 25.3 Å². The fraction of sp³-hybridized carbons (Fsp3) is 0.200. The zero-order valence-electron chi connectivity index (χ0n) is 13.6. The van der Waals surface area contributed by atoms with Gasteiger partial charge in [-0.1, -0.05) is 60.7 Å². The summed E-state index contributed by atoms with van der Waals surface area (Å²) in [4.78, 5) is 4.57. The molecule has 1 N–H and O–H groups in total. The molecule has 0 radical (unpaired) electrons. The Bertz CT molecular complexity index is 854. The first-order valence-electron chi connectivity index (χ1n) is 8.19. The van der Waals surface area contributed by atoms with Crippen molar-refractivity contribution in [2.45, 2.75) is 12.1 Å². The summed E-state index contributed by atoms with van der Waals surface area (Å²) in [6.45, 7) is 0.903. The van der Waals surface area contributed by atoms with Gasteiger partial charge in [0.05, 0.1) is 6.04 Å². The average molecular weight is 331 g/mol. The molecule has 5 heteroatoms. The van der Waals surface area contributed by atoms with Crippen molar-refractivity contribution < 1.29 is 9.47 Å². The highest BCUT2D eigenvalue weighted by molar-refractivity contribution is 5.98. The molecule has 0 aromatic heterocycles. The Kier molecular flexibility index (Phi) is 4.09. The minimum absolute atomic E-state index is 0.0199. The molecule has 2 unspecified atom stereocenters. The second kappa shape index (κ2) is 6.70. The molecule has 2 heterocycles. The lowest BCUT2D eigenvalue weighted by Crippen LogP contribution is -2.17. The van der Waals surface area contributed by atoms with E-state index in [1.165, 1.54) is 0 Å². The van der Waals surface area contributed by atoms with Crippen LogP contribution in [-0.4, -0.2) is 19.1 Å². The zero-order valence-corrected chi connectivity index (χ0v) is 13.6. The van der Waals surface area contributed by atoms with Crippen LogP contribution >= 0.6 is 0 Å². The smallest absolute Gasteiger partial charge is 0.233 e. The number of benzene rings is 2. The monoisotopic (exact) mass is 331 g/mol. The van der Waals surface area contributed by atoms with Crippen molar-refractivity contribution in [1.82, 2.24) is 5.32 Å². The van der Waals surface area contributed by atoms with E-state index in [0.29, 0.717) is 30.6 Å². The van der Waals surface area contributed by atoms with E-state index in [4.69, 9.17) is 9.47 Å². The number of nitriles is 1. The normalized spacial score (nSPS) is 23.7. The van der Waals surface area contributed by atoms with Crippen LogP contribution in [0.15, 0.2) is 77.1 Å². The Morgan fingerprint density at radius 2 is 1.64 bits per heavy atom. The van der Waals surface area contributed by atoms with Gasteiger partial charge in [-0.25, -0.2) is 4.99 Å². The third-order valence-electron chi connectivity index (χ3n) is 4.29. The Morgan fingerprint density at radius 3 is 2.32 bits per heavy atom. The molecule has 0 bridgehead atoms. The van der Waals surface area contributed by atoms with E-state index in [9.17, 15) is 5.26 Å². The summed E-state index contributed by atoms with van der Waals surface area (Å²) < 4.78 is 11.4. The summed E-state index contributed by atoms with van der Waals surface area (Å²) in [7, 11) is 0. The topological polar surface area (TPSA) is 66.6 Å². The molecule has 2 aromatic carbocycles. The number of nitrogens with one attached hydrogen (secondary N) is 1. The fourth-order valence-electron chi connectivity index (χ4n) is 2.97. The molecule has 2 aliphatic rings. The molecule has 0 aliphatic carbocycles. The van der Waals surface area contributed by atoms with Crippen molar-refractivity contribution in [2.24, 2.45) is 4.99 Å². The lowest BCUT2D eigenvalue weighted by atomic mass is 10.1. The summed E-state index contributed by atoms with van der Waals surface area (Å²) in [5.74, 6) is 0.774. The molecule has 0 amide bonds. The van der Waals surface area contributed by atoms with E-state index in [1.807, 2.05) is 60.7 Å². The maximum Gasteiger partial charge on any atom is 0.233 e. The maximum absolute atomic E-state index is 9.57. The SMILES string of the molecule is N#CC(C1=NC(c2ccccc2)CO1)=C1NC(c2ccccc2)CO1. The molecule has 2 aromatic rings. The molecule has 2 atom stereocenters. The van der Waals surface area contributed by atoms with E-state index < -0.39 is 0 Å². The molecule has 0 saturated carbocycles. The van der Waals surface area contributed by atoms with E-state index in [0.717, 1.165) is 11.1 Å². The molecular weight excluding hydrogens is 314 g/mol. The predicted octanol–water partition coefficient (Wildman–Crippen LogP) is 3.25. The van der Waals surface area contributed by atoms with Gasteiger partial charge in [0.2, 0.25) is 11.8 Å². The first-order valence-corrected chi connectivity index (χ1v) is 8.19. The summed E-state index contributed by atoms with van der Waals surface area (Å²) >= 11 is 0. The standard InChI is InChI=1S/C20H17N3O2/c21-11-16(19-22-17(12-24-19)14-7-3-1-4-8-14)20-23-18(13-25-20)15-9-5-2-6-10-15/h1-10,17-18,22H,12-13H2. The minimum atomic E-state index is -0.0912. The van der Waals surface area contributed by atoms with Gasteiger partial charge in [0, 0.05) is 0 Å². The van der Waals surface area contributed by atoms with E-state index >= 15 is 0 Å². The predicted molar refractivity (Wildman–Crippen MR) is 93.5 cm³/mol. The number of rotatable bonds is 3. The number of nitrogens with zero attached hydrogens (tertiary/aromatic N) is 2. The Labute approximate surface area is 146 Å². The van der Waals surface area contributed by atoms with Gasteiger partial charge in [-0.05, 0) is 11.1 Å². The van der Waals surface area contributed by atoms with Crippen molar-refractivity contribution in [2.75, 3.05) is 13.2 Å². The number of aliphatic imine (C=N–C) groups is 1. The van der Waals surface area contributed by atoms with Crippen LogP contribution < -0.4 is 5.32 Å². The molecule has 5 nitrogen and oxygen atoms in total. The Morgan fingerprint density at radius 1 is 0.960 bits per heavy atom. The van der Waals surface area contributed by atoms with Crippen molar-refractivity contribution in [1.29, 1.82) is 5.26 Å². The molecule has 25 heavy (non-hydrogen) atoms. The van der Waals surface area contributed by atoms with Gasteiger partial charge in [-0.2, -0.15) is 5.26 Å². The van der Waals surface area contributed by atoms with Crippen LogP contribution in [0.3, 0.4) is 0 Å². The van der Waals surface area contributed by atoms with Gasteiger partial charge in [-0.15, -0.1) is 0 Å². The Hall–Kier alpha value is -3.26. The summed E-state index contributed by atoms with van der Waals surface area (Å²) in [5, 5.41) is 12.8. The van der Waals surface area contributed by atoms with Crippen molar-refractivity contribution in [3.05, 3.63) is 83.2 Å². The second-order valence-corrected chi connectivity index (χ2v) is 5.91. The second-order valence-electron chi connectivity index (χ2n) is 5.91. The first kappa shape index (κ1) is 15.3. The average Bonchev–Trinajstić information content (AvgIpc) is 3.35. The molecule has 2 aliphatic heterocycles. The third kappa shape index (κ3) is 3.07. The zero-order chi connectivity index (χ0) is 17.1. The van der Waals surface area contributed by atoms with Crippen molar-refractivity contribution in [3.8, 4) is 6.07 Å². The quantitative estimate of drug-likeness (QED) is 0.877. The number of hydrogen-bond acceptors (Lipinski definition) is 5. The van der Waals surface area contributed by atoms with Crippen LogP contribution in [0, 0.1) is 11.3 Å². The van der Waals surface area contributed by atoms with Crippen molar-refractivity contribution in [3.63, 3.8) is 0 Å². The van der Waals surface area contributed by atoms with Crippen LogP contribution in [0.25, 0.3) is 0 Å². The Balaban J connectivity index is 1.57. The van der Waals surface area contributed by atoms with Crippen LogP contribution in [-0.2, 0) is 9.47 Å². The van der Waals surface area contributed by atoms with Gasteiger partial charge in [0.15, 0.2) is 5.57 Å². The lowest BCUT2D eigenvalue weighted by molar-refractivity contribution is 0.251. The van der Waals surface area contributed by atoms with Crippen molar-refractivity contribution >= 4 is 5.90 Å². The molecule has 1 saturated heterocycles. The van der Waals surface area contributed by atoms with Crippen LogP contribution in [0.4, 0.5) is 0 Å². The maximum atomic E-state index is 9.57. The highest BCUT2D eigenvalue weighted by atomic mass is 16.5. The highest BCUT2D eigenvalue weighted by Crippen LogP contribution is 2.28. The first-order chi connectivity index (χ1) is 12.3. The summed E-state index contributed by atoms with van der Waals surface area (Å²) in [5.41, 5.74) is 2.50. The summed E-state index contributed by atoms with van der Waals surface area (Å²) in [6, 6.07) is 22.0. The van der Waals surface area contributed by atoms with Gasteiger partial charge in [0.25, 0.3) is 0 Å².